The van der Waals surface area contributed by atoms with Gasteiger partial charge < -0.3 is 9.88 Å². The molecule has 1 aliphatic carbocycles. The Bertz CT molecular complexity index is 561. The number of sulfone groups is 1. The summed E-state index contributed by atoms with van der Waals surface area (Å²) in [6, 6.07) is 2.17. The number of amides is 1. The zero-order valence-electron chi connectivity index (χ0n) is 10.0. The van der Waals surface area contributed by atoms with Crippen molar-refractivity contribution < 1.29 is 13.2 Å². The highest BCUT2D eigenvalue weighted by molar-refractivity contribution is 9.10. The first-order valence-electron chi connectivity index (χ1n) is 5.70. The summed E-state index contributed by atoms with van der Waals surface area (Å²) in [6.07, 6.45) is 5.22. The Balaban J connectivity index is 2.00. The smallest absolute Gasteiger partial charge is 0.267 e. The van der Waals surface area contributed by atoms with Crippen LogP contribution in [0.3, 0.4) is 0 Å². The lowest BCUT2D eigenvalue weighted by Crippen LogP contribution is -2.30. The van der Waals surface area contributed by atoms with Gasteiger partial charge in [-0.3, -0.25) is 4.79 Å². The van der Waals surface area contributed by atoms with E-state index in [1.165, 1.54) is 0 Å². The van der Waals surface area contributed by atoms with Gasteiger partial charge in [-0.05, 0) is 34.8 Å². The van der Waals surface area contributed by atoms with Crippen LogP contribution in [0.25, 0.3) is 0 Å². The van der Waals surface area contributed by atoms with Crippen molar-refractivity contribution in [2.45, 2.75) is 18.9 Å². The number of hydrogen-bond donors (Lipinski definition) is 1. The van der Waals surface area contributed by atoms with Crippen LogP contribution in [0.4, 0.5) is 0 Å². The third kappa shape index (κ3) is 3.58. The first kappa shape index (κ1) is 13.6. The monoisotopic (exact) mass is 334 g/mol. The van der Waals surface area contributed by atoms with Crippen LogP contribution in [0.1, 0.15) is 29.4 Å². The second-order valence-corrected chi connectivity index (χ2v) is 7.74. The molecule has 2 rings (SSSR count). The quantitative estimate of drug-likeness (QED) is 0.883. The van der Waals surface area contributed by atoms with Crippen molar-refractivity contribution in [2.75, 3.05) is 18.6 Å². The predicted octanol–water partition coefficient (Wildman–Crippen LogP) is 1.36. The second-order valence-electron chi connectivity index (χ2n) is 4.57. The van der Waals surface area contributed by atoms with Crippen molar-refractivity contribution in [2.24, 2.45) is 0 Å². The minimum absolute atomic E-state index is 0.0377. The first-order chi connectivity index (χ1) is 8.37. The highest BCUT2D eigenvalue weighted by Crippen LogP contribution is 2.37. The molecule has 1 heterocycles. The van der Waals surface area contributed by atoms with Gasteiger partial charge in [0.15, 0.2) is 0 Å². The molecule has 0 saturated heterocycles. The lowest BCUT2D eigenvalue weighted by atomic mass is 10.4. The third-order valence-corrected chi connectivity index (χ3v) is 4.13. The summed E-state index contributed by atoms with van der Waals surface area (Å²) in [5.41, 5.74) is 0.581. The van der Waals surface area contributed by atoms with Crippen LogP contribution >= 0.6 is 15.9 Å². The number of halogens is 1. The van der Waals surface area contributed by atoms with E-state index in [0.717, 1.165) is 23.6 Å². The summed E-state index contributed by atoms with van der Waals surface area (Å²) in [5, 5.41) is 2.63. The zero-order valence-corrected chi connectivity index (χ0v) is 12.4. The van der Waals surface area contributed by atoms with Gasteiger partial charge in [-0.25, -0.2) is 8.42 Å². The lowest BCUT2D eigenvalue weighted by molar-refractivity contribution is 0.0946. The van der Waals surface area contributed by atoms with Crippen molar-refractivity contribution in [1.82, 2.24) is 9.88 Å². The van der Waals surface area contributed by atoms with Gasteiger partial charge in [0.2, 0.25) is 0 Å². The van der Waals surface area contributed by atoms with Gasteiger partial charge in [0.1, 0.15) is 15.5 Å². The van der Waals surface area contributed by atoms with Crippen LogP contribution in [0, 0.1) is 0 Å². The van der Waals surface area contributed by atoms with Gasteiger partial charge in [0, 0.05) is 29.5 Å². The SMILES string of the molecule is CS(=O)(=O)CCNC(=O)c1cc(Br)cn1C1CC1. The van der Waals surface area contributed by atoms with E-state index in [-0.39, 0.29) is 18.2 Å². The van der Waals surface area contributed by atoms with Crippen LogP contribution in [-0.4, -0.2) is 37.4 Å². The molecule has 0 atom stereocenters. The average molecular weight is 335 g/mol. The number of carbonyl (C=O) groups excluding carboxylic acids is 1. The normalized spacial score (nSPS) is 15.7. The van der Waals surface area contributed by atoms with E-state index in [9.17, 15) is 13.2 Å². The standard InChI is InChI=1S/C11H15BrN2O3S/c1-18(16,17)5-4-13-11(15)10-6-8(12)7-14(10)9-2-3-9/h6-7,9H,2-5H2,1H3,(H,13,15). The van der Waals surface area contributed by atoms with Gasteiger partial charge in [-0.15, -0.1) is 0 Å². The van der Waals surface area contributed by atoms with Crippen LogP contribution in [-0.2, 0) is 9.84 Å². The maximum absolute atomic E-state index is 11.9. The van der Waals surface area contributed by atoms with Crippen molar-refractivity contribution in [1.29, 1.82) is 0 Å². The van der Waals surface area contributed by atoms with E-state index in [1.807, 2.05) is 10.8 Å². The van der Waals surface area contributed by atoms with E-state index >= 15 is 0 Å². The van der Waals surface area contributed by atoms with Gasteiger partial charge in [0.05, 0.1) is 5.75 Å². The summed E-state index contributed by atoms with van der Waals surface area (Å²) >= 11 is 3.35. The van der Waals surface area contributed by atoms with Crippen molar-refractivity contribution >= 4 is 31.7 Å². The van der Waals surface area contributed by atoms with Crippen LogP contribution in [0.5, 0.6) is 0 Å². The van der Waals surface area contributed by atoms with Crippen LogP contribution in [0.15, 0.2) is 16.7 Å². The minimum Gasteiger partial charge on any atom is -0.350 e. The molecule has 1 saturated carbocycles. The highest BCUT2D eigenvalue weighted by atomic mass is 79.9. The highest BCUT2D eigenvalue weighted by Gasteiger charge is 2.27. The largest absolute Gasteiger partial charge is 0.350 e. The van der Waals surface area contributed by atoms with E-state index in [2.05, 4.69) is 21.2 Å². The molecular formula is C11H15BrN2O3S. The molecule has 100 valence electrons. The zero-order chi connectivity index (χ0) is 13.3. The molecule has 5 nitrogen and oxygen atoms in total. The van der Waals surface area contributed by atoms with Crippen molar-refractivity contribution in [3.63, 3.8) is 0 Å². The molecule has 0 bridgehead atoms. The molecule has 7 heteroatoms. The Hall–Kier alpha value is -0.820. The fourth-order valence-electron chi connectivity index (χ4n) is 1.72. The Morgan fingerprint density at radius 3 is 2.78 bits per heavy atom. The molecule has 0 unspecified atom stereocenters. The summed E-state index contributed by atoms with van der Waals surface area (Å²) in [5.74, 6) is -0.263. The maximum Gasteiger partial charge on any atom is 0.267 e. The molecular weight excluding hydrogens is 320 g/mol. The number of carbonyl (C=O) groups is 1. The van der Waals surface area contributed by atoms with E-state index in [0.29, 0.717) is 11.7 Å². The Morgan fingerprint density at radius 2 is 2.22 bits per heavy atom. The van der Waals surface area contributed by atoms with Crippen molar-refractivity contribution in [3.05, 3.63) is 22.4 Å². The number of nitrogens with one attached hydrogen (secondary N) is 1. The molecule has 0 aliphatic heterocycles. The van der Waals surface area contributed by atoms with Crippen LogP contribution < -0.4 is 5.32 Å². The summed E-state index contributed by atoms with van der Waals surface area (Å²) in [7, 11) is -3.04. The van der Waals surface area contributed by atoms with E-state index in [4.69, 9.17) is 0 Å². The number of aromatic nitrogens is 1. The molecule has 0 radical (unpaired) electrons. The molecule has 1 aliphatic rings. The molecule has 1 N–H and O–H groups in total. The predicted molar refractivity (Wildman–Crippen MR) is 72.4 cm³/mol. The molecule has 1 amide bonds. The fraction of sp³-hybridized carbons (Fsp3) is 0.545. The molecule has 18 heavy (non-hydrogen) atoms. The Morgan fingerprint density at radius 1 is 1.56 bits per heavy atom. The number of nitrogens with zero attached hydrogens (tertiary/aromatic N) is 1. The van der Waals surface area contributed by atoms with Gasteiger partial charge in [-0.2, -0.15) is 0 Å². The lowest BCUT2D eigenvalue weighted by Gasteiger charge is -2.08. The first-order valence-corrected chi connectivity index (χ1v) is 8.55. The molecule has 0 aromatic carbocycles. The second kappa shape index (κ2) is 5.05. The van der Waals surface area contributed by atoms with E-state index in [1.54, 1.807) is 6.07 Å². The average Bonchev–Trinajstić information content (AvgIpc) is 3.00. The summed E-state index contributed by atoms with van der Waals surface area (Å²) in [6.45, 7) is 0.144. The van der Waals surface area contributed by atoms with Gasteiger partial charge >= 0.3 is 0 Å². The summed E-state index contributed by atoms with van der Waals surface area (Å²) < 4.78 is 24.8. The molecule has 1 aromatic heterocycles. The van der Waals surface area contributed by atoms with E-state index < -0.39 is 9.84 Å². The number of hydrogen-bond acceptors (Lipinski definition) is 3. The van der Waals surface area contributed by atoms with Crippen LogP contribution in [0.2, 0.25) is 0 Å². The number of rotatable bonds is 5. The molecule has 1 aromatic rings. The van der Waals surface area contributed by atoms with Gasteiger partial charge in [0.25, 0.3) is 5.91 Å². The summed E-state index contributed by atoms with van der Waals surface area (Å²) in [4.78, 5) is 11.9. The minimum atomic E-state index is -3.04. The van der Waals surface area contributed by atoms with Crippen molar-refractivity contribution in [3.8, 4) is 0 Å². The third-order valence-electron chi connectivity index (χ3n) is 2.75. The van der Waals surface area contributed by atoms with Gasteiger partial charge in [-0.1, -0.05) is 0 Å². The molecule has 0 spiro atoms. The fourth-order valence-corrected chi connectivity index (χ4v) is 2.63. The Kier molecular flexibility index (Phi) is 3.82. The molecule has 1 fully saturated rings. The topological polar surface area (TPSA) is 68.2 Å². The Labute approximate surface area is 115 Å². The maximum atomic E-state index is 11.9.